The third-order valence-corrected chi connectivity index (χ3v) is 2.78. The number of carbonyl (C=O) groups is 1. The largest absolute Gasteiger partial charge is 0.467 e. The first-order valence-electron chi connectivity index (χ1n) is 6.42. The summed E-state index contributed by atoms with van der Waals surface area (Å²) in [5.41, 5.74) is 1.11. The van der Waals surface area contributed by atoms with E-state index in [9.17, 15) is 4.79 Å². The van der Waals surface area contributed by atoms with E-state index in [0.29, 0.717) is 17.0 Å². The molecule has 0 bridgehead atoms. The molecule has 0 aliphatic rings. The van der Waals surface area contributed by atoms with Crippen LogP contribution in [0.1, 0.15) is 32.1 Å². The van der Waals surface area contributed by atoms with Gasteiger partial charge in [-0.3, -0.25) is 4.79 Å². The number of hydrogen-bond donors (Lipinski definition) is 1. The van der Waals surface area contributed by atoms with Crippen LogP contribution in [0, 0.1) is 13.8 Å². The van der Waals surface area contributed by atoms with Gasteiger partial charge in [0.2, 0.25) is 11.6 Å². The molecular weight excluding hydrogens is 258 g/mol. The molecule has 0 saturated heterocycles. The highest BCUT2D eigenvalue weighted by atomic mass is 16.5. The van der Waals surface area contributed by atoms with Gasteiger partial charge >= 0.3 is 0 Å². The fourth-order valence-electron chi connectivity index (χ4n) is 1.85. The molecule has 6 heteroatoms. The van der Waals surface area contributed by atoms with E-state index in [4.69, 9.17) is 9.15 Å². The molecule has 1 amide bonds. The van der Waals surface area contributed by atoms with Gasteiger partial charge in [-0.1, -0.05) is 0 Å². The van der Waals surface area contributed by atoms with Gasteiger partial charge in [0.15, 0.2) is 6.61 Å². The molecule has 2 aromatic heterocycles. The lowest BCUT2D eigenvalue weighted by atomic mass is 10.1. The van der Waals surface area contributed by atoms with Crippen molar-refractivity contribution in [2.24, 2.45) is 0 Å². The fourth-order valence-corrected chi connectivity index (χ4v) is 1.85. The molecule has 2 aromatic rings. The highest BCUT2D eigenvalue weighted by molar-refractivity contribution is 5.84. The molecule has 2 rings (SSSR count). The summed E-state index contributed by atoms with van der Waals surface area (Å²) in [7, 11) is 0. The SMILES string of the molecule is Cc1oc2ncnc(OCC(=O)NC(C)(C)C)c2c1C. The number of carbonyl (C=O) groups excluding carboxylic acids is 1. The Labute approximate surface area is 117 Å². The third kappa shape index (κ3) is 3.07. The molecule has 0 spiro atoms. The first kappa shape index (κ1) is 14.3. The highest BCUT2D eigenvalue weighted by Crippen LogP contribution is 2.29. The second-order valence-electron chi connectivity index (χ2n) is 5.73. The summed E-state index contributed by atoms with van der Waals surface area (Å²) in [5, 5.41) is 3.54. The number of aromatic nitrogens is 2. The van der Waals surface area contributed by atoms with Crippen molar-refractivity contribution >= 4 is 17.0 Å². The molecule has 0 aromatic carbocycles. The molecule has 1 N–H and O–H groups in total. The van der Waals surface area contributed by atoms with Gasteiger partial charge in [0.25, 0.3) is 5.91 Å². The van der Waals surface area contributed by atoms with E-state index in [-0.39, 0.29) is 18.1 Å². The number of nitrogens with one attached hydrogen (secondary N) is 1. The molecule has 20 heavy (non-hydrogen) atoms. The van der Waals surface area contributed by atoms with E-state index in [1.54, 1.807) is 0 Å². The quantitative estimate of drug-likeness (QED) is 0.930. The van der Waals surface area contributed by atoms with Crippen LogP contribution in [0.15, 0.2) is 10.7 Å². The van der Waals surface area contributed by atoms with E-state index in [2.05, 4.69) is 15.3 Å². The topological polar surface area (TPSA) is 77.2 Å². The number of rotatable bonds is 3. The number of ether oxygens (including phenoxy) is 1. The van der Waals surface area contributed by atoms with Gasteiger partial charge in [-0.15, -0.1) is 0 Å². The molecule has 0 atom stereocenters. The first-order chi connectivity index (χ1) is 9.28. The predicted octanol–water partition coefficient (Wildman–Crippen LogP) is 2.13. The Morgan fingerprint density at radius 1 is 1.35 bits per heavy atom. The van der Waals surface area contributed by atoms with Crippen LogP contribution in [-0.2, 0) is 4.79 Å². The summed E-state index contributed by atoms with van der Waals surface area (Å²) in [5.74, 6) is 0.944. The molecule has 6 nitrogen and oxygen atoms in total. The van der Waals surface area contributed by atoms with Gasteiger partial charge in [-0.25, -0.2) is 9.97 Å². The molecule has 108 valence electrons. The van der Waals surface area contributed by atoms with Gasteiger partial charge in [0.05, 0.1) is 0 Å². The molecule has 2 heterocycles. The average Bonchev–Trinajstić information content (AvgIpc) is 2.61. The number of hydrogen-bond acceptors (Lipinski definition) is 5. The second-order valence-corrected chi connectivity index (χ2v) is 5.73. The molecular formula is C14H19N3O3. The Kier molecular flexibility index (Phi) is 3.65. The maximum atomic E-state index is 11.8. The fraction of sp³-hybridized carbons (Fsp3) is 0.500. The smallest absolute Gasteiger partial charge is 0.258 e. The van der Waals surface area contributed by atoms with E-state index in [0.717, 1.165) is 11.3 Å². The van der Waals surface area contributed by atoms with Gasteiger partial charge < -0.3 is 14.5 Å². The lowest BCUT2D eigenvalue weighted by molar-refractivity contribution is -0.124. The van der Waals surface area contributed by atoms with E-state index >= 15 is 0 Å². The van der Waals surface area contributed by atoms with Gasteiger partial charge in [-0.2, -0.15) is 0 Å². The van der Waals surface area contributed by atoms with Gasteiger partial charge in [0.1, 0.15) is 17.5 Å². The van der Waals surface area contributed by atoms with Crippen molar-refractivity contribution in [3.05, 3.63) is 17.7 Å². The average molecular weight is 277 g/mol. The van der Waals surface area contributed by atoms with Crippen molar-refractivity contribution in [3.8, 4) is 5.88 Å². The number of aryl methyl sites for hydroxylation is 2. The van der Waals surface area contributed by atoms with Crippen molar-refractivity contribution in [1.29, 1.82) is 0 Å². The monoisotopic (exact) mass is 277 g/mol. The molecule has 0 aliphatic heterocycles. The predicted molar refractivity (Wildman–Crippen MR) is 74.7 cm³/mol. The van der Waals surface area contributed by atoms with Crippen LogP contribution in [-0.4, -0.2) is 28.0 Å². The lowest BCUT2D eigenvalue weighted by Gasteiger charge is -2.20. The third-order valence-electron chi connectivity index (χ3n) is 2.78. The first-order valence-corrected chi connectivity index (χ1v) is 6.42. The van der Waals surface area contributed by atoms with Gasteiger partial charge in [0, 0.05) is 11.1 Å². The Morgan fingerprint density at radius 2 is 2.05 bits per heavy atom. The standard InChI is InChI=1S/C14H19N3O3/c1-8-9(2)20-13-11(8)12(15-7-16-13)19-6-10(18)17-14(3,4)5/h7H,6H2,1-5H3,(H,17,18). The van der Waals surface area contributed by atoms with E-state index < -0.39 is 0 Å². The minimum absolute atomic E-state index is 0.0902. The van der Waals surface area contributed by atoms with Crippen LogP contribution in [0.25, 0.3) is 11.1 Å². The van der Waals surface area contributed by atoms with Crippen molar-refractivity contribution in [1.82, 2.24) is 15.3 Å². The van der Waals surface area contributed by atoms with Crippen LogP contribution in [0.3, 0.4) is 0 Å². The summed E-state index contributed by atoms with van der Waals surface area (Å²) in [4.78, 5) is 19.9. The molecule has 0 unspecified atom stereocenters. The minimum atomic E-state index is -0.288. The highest BCUT2D eigenvalue weighted by Gasteiger charge is 2.17. The molecule has 0 aliphatic carbocycles. The summed E-state index contributed by atoms with van der Waals surface area (Å²) >= 11 is 0. The summed E-state index contributed by atoms with van der Waals surface area (Å²) in [6.07, 6.45) is 1.36. The minimum Gasteiger partial charge on any atom is -0.467 e. The Hall–Kier alpha value is -2.11. The number of amides is 1. The van der Waals surface area contributed by atoms with E-state index in [1.807, 2.05) is 34.6 Å². The second kappa shape index (κ2) is 5.11. The molecule has 0 saturated carbocycles. The van der Waals surface area contributed by atoms with Crippen LogP contribution >= 0.6 is 0 Å². The summed E-state index contributed by atoms with van der Waals surface area (Å²) in [6, 6.07) is 0. The maximum absolute atomic E-state index is 11.8. The van der Waals surface area contributed by atoms with Crippen molar-refractivity contribution < 1.29 is 13.9 Å². The molecule has 0 fully saturated rings. The summed E-state index contributed by atoms with van der Waals surface area (Å²) < 4.78 is 11.0. The van der Waals surface area contributed by atoms with Crippen molar-refractivity contribution in [3.63, 3.8) is 0 Å². The normalized spacial score (nSPS) is 11.7. The Bertz CT molecular complexity index is 641. The summed E-state index contributed by atoms with van der Waals surface area (Å²) in [6.45, 7) is 9.42. The lowest BCUT2D eigenvalue weighted by Crippen LogP contribution is -2.43. The van der Waals surface area contributed by atoms with Crippen molar-refractivity contribution in [2.75, 3.05) is 6.61 Å². The Balaban J connectivity index is 2.16. The van der Waals surface area contributed by atoms with Gasteiger partial charge in [-0.05, 0) is 34.6 Å². The van der Waals surface area contributed by atoms with Crippen LogP contribution in [0.2, 0.25) is 0 Å². The molecule has 0 radical (unpaired) electrons. The zero-order valence-corrected chi connectivity index (χ0v) is 12.4. The van der Waals surface area contributed by atoms with Crippen LogP contribution < -0.4 is 10.1 Å². The zero-order chi connectivity index (χ0) is 14.9. The van der Waals surface area contributed by atoms with Crippen LogP contribution in [0.4, 0.5) is 0 Å². The van der Waals surface area contributed by atoms with E-state index in [1.165, 1.54) is 6.33 Å². The number of nitrogens with zero attached hydrogens (tertiary/aromatic N) is 2. The maximum Gasteiger partial charge on any atom is 0.258 e. The zero-order valence-electron chi connectivity index (χ0n) is 12.4. The Morgan fingerprint density at radius 3 is 2.70 bits per heavy atom. The number of fused-ring (bicyclic) bond motifs is 1. The van der Waals surface area contributed by atoms with Crippen molar-refractivity contribution in [2.45, 2.75) is 40.2 Å². The van der Waals surface area contributed by atoms with Crippen LogP contribution in [0.5, 0.6) is 5.88 Å². The number of furan rings is 1.